The van der Waals surface area contributed by atoms with Crippen molar-refractivity contribution in [3.8, 4) is 0 Å². The molecule has 0 fully saturated rings. The van der Waals surface area contributed by atoms with Crippen LogP contribution in [0.3, 0.4) is 0 Å². The molecule has 0 aliphatic heterocycles. The number of rotatable bonds is 10. The molecular weight excluding hydrogens is 220 g/mol. The summed E-state index contributed by atoms with van der Waals surface area (Å²) in [5.74, 6) is 0. The van der Waals surface area contributed by atoms with Crippen molar-refractivity contribution in [2.45, 2.75) is 87.5 Å². The monoisotopic (exact) mass is 258 g/mol. The molecule has 0 aliphatic carbocycles. The zero-order chi connectivity index (χ0) is 13.4. The summed E-state index contributed by atoms with van der Waals surface area (Å²) in [6.45, 7) is 15.7. The Bertz CT molecular complexity index is 142. The Balaban J connectivity index is 0. The third-order valence-electron chi connectivity index (χ3n) is 5.32. The maximum absolute atomic E-state index is 6.11. The molecule has 0 N–H and O–H groups in total. The lowest BCUT2D eigenvalue weighted by atomic mass is 9.79. The van der Waals surface area contributed by atoms with E-state index in [-0.39, 0.29) is 7.43 Å². The van der Waals surface area contributed by atoms with Crippen molar-refractivity contribution in [1.82, 2.24) is 0 Å². The quantitative estimate of drug-likeness (QED) is 0.462. The molecule has 0 spiro atoms. The topological polar surface area (TPSA) is 9.23 Å². The average molecular weight is 258 g/mol. The SMILES string of the molecule is C.CCC(CC)(CC)COCC(CC)(CC)CC. The van der Waals surface area contributed by atoms with Crippen LogP contribution in [-0.2, 0) is 4.74 Å². The van der Waals surface area contributed by atoms with Crippen LogP contribution in [-0.4, -0.2) is 13.2 Å². The molecule has 112 valence electrons. The van der Waals surface area contributed by atoms with Gasteiger partial charge in [-0.25, -0.2) is 0 Å². The fourth-order valence-corrected chi connectivity index (χ4v) is 2.60. The molecule has 1 heteroatoms. The van der Waals surface area contributed by atoms with E-state index in [4.69, 9.17) is 4.74 Å². The van der Waals surface area contributed by atoms with Crippen LogP contribution in [0.2, 0.25) is 0 Å². The Morgan fingerprint density at radius 2 is 0.778 bits per heavy atom. The third-order valence-corrected chi connectivity index (χ3v) is 5.32. The van der Waals surface area contributed by atoms with Crippen molar-refractivity contribution in [2.75, 3.05) is 13.2 Å². The third kappa shape index (κ3) is 5.30. The van der Waals surface area contributed by atoms with Gasteiger partial charge >= 0.3 is 0 Å². The first-order valence-corrected chi connectivity index (χ1v) is 7.65. The minimum absolute atomic E-state index is 0. The Labute approximate surface area is 117 Å². The minimum atomic E-state index is 0. The van der Waals surface area contributed by atoms with Crippen LogP contribution in [0.1, 0.15) is 87.5 Å². The highest BCUT2D eigenvalue weighted by Crippen LogP contribution is 2.34. The summed E-state index contributed by atoms with van der Waals surface area (Å²) < 4.78 is 6.11. The van der Waals surface area contributed by atoms with Crippen molar-refractivity contribution in [3.05, 3.63) is 0 Å². The summed E-state index contributed by atoms with van der Waals surface area (Å²) in [6, 6.07) is 0. The summed E-state index contributed by atoms with van der Waals surface area (Å²) in [6.07, 6.45) is 7.40. The van der Waals surface area contributed by atoms with Crippen LogP contribution < -0.4 is 0 Å². The standard InChI is InChI=1S/C16H34O.CH4/c1-7-15(8-2,9-3)13-17-14-16(10-4,11-5)12-6;/h7-14H2,1-6H3;1H4. The van der Waals surface area contributed by atoms with Gasteiger partial charge in [0.25, 0.3) is 0 Å². The Morgan fingerprint density at radius 1 is 0.556 bits per heavy atom. The summed E-state index contributed by atoms with van der Waals surface area (Å²) in [7, 11) is 0. The van der Waals surface area contributed by atoms with Crippen LogP contribution in [0.4, 0.5) is 0 Å². The van der Waals surface area contributed by atoms with Crippen LogP contribution in [0.15, 0.2) is 0 Å². The van der Waals surface area contributed by atoms with Gasteiger partial charge in [0.1, 0.15) is 0 Å². The van der Waals surface area contributed by atoms with Gasteiger partial charge in [-0.15, -0.1) is 0 Å². The largest absolute Gasteiger partial charge is 0.380 e. The van der Waals surface area contributed by atoms with Crippen molar-refractivity contribution >= 4 is 0 Å². The first kappa shape index (κ1) is 20.3. The molecule has 0 rings (SSSR count). The molecule has 0 bridgehead atoms. The Hall–Kier alpha value is -0.0400. The van der Waals surface area contributed by atoms with E-state index >= 15 is 0 Å². The van der Waals surface area contributed by atoms with Gasteiger partial charge < -0.3 is 4.74 Å². The van der Waals surface area contributed by atoms with Gasteiger partial charge in [-0.05, 0) is 49.4 Å². The second-order valence-electron chi connectivity index (χ2n) is 5.61. The molecule has 0 aromatic rings. The van der Waals surface area contributed by atoms with Gasteiger partial charge in [-0.3, -0.25) is 0 Å². The van der Waals surface area contributed by atoms with Crippen molar-refractivity contribution in [2.24, 2.45) is 10.8 Å². The lowest BCUT2D eigenvalue weighted by Crippen LogP contribution is -2.30. The van der Waals surface area contributed by atoms with E-state index in [9.17, 15) is 0 Å². The summed E-state index contributed by atoms with van der Waals surface area (Å²) in [5.41, 5.74) is 0.835. The summed E-state index contributed by atoms with van der Waals surface area (Å²) in [4.78, 5) is 0. The molecule has 0 amide bonds. The van der Waals surface area contributed by atoms with Crippen molar-refractivity contribution in [3.63, 3.8) is 0 Å². The average Bonchev–Trinajstić information content (AvgIpc) is 2.41. The maximum Gasteiger partial charge on any atom is 0.0522 e. The number of hydrogen-bond donors (Lipinski definition) is 0. The highest BCUT2D eigenvalue weighted by molar-refractivity contribution is 4.77. The summed E-state index contributed by atoms with van der Waals surface area (Å²) in [5, 5.41) is 0. The lowest BCUT2D eigenvalue weighted by Gasteiger charge is -2.34. The Kier molecular flexibility index (Phi) is 11.1. The number of ether oxygens (including phenoxy) is 1. The van der Waals surface area contributed by atoms with E-state index in [0.717, 1.165) is 13.2 Å². The van der Waals surface area contributed by atoms with E-state index < -0.39 is 0 Å². The molecule has 0 heterocycles. The minimum Gasteiger partial charge on any atom is -0.380 e. The second-order valence-corrected chi connectivity index (χ2v) is 5.61. The second kappa shape index (κ2) is 9.83. The molecule has 0 saturated carbocycles. The summed E-state index contributed by atoms with van der Waals surface area (Å²) >= 11 is 0. The molecule has 1 nitrogen and oxygen atoms in total. The van der Waals surface area contributed by atoms with Crippen molar-refractivity contribution in [1.29, 1.82) is 0 Å². The van der Waals surface area contributed by atoms with Gasteiger partial charge in [-0.1, -0.05) is 49.0 Å². The molecule has 0 aromatic heterocycles. The van der Waals surface area contributed by atoms with Crippen molar-refractivity contribution < 1.29 is 4.74 Å². The van der Waals surface area contributed by atoms with Gasteiger partial charge in [0, 0.05) is 0 Å². The van der Waals surface area contributed by atoms with E-state index in [2.05, 4.69) is 41.5 Å². The molecule has 0 aliphatic rings. The highest BCUT2D eigenvalue weighted by Gasteiger charge is 2.28. The zero-order valence-corrected chi connectivity index (χ0v) is 13.1. The fraction of sp³-hybridized carbons (Fsp3) is 1.00. The fourth-order valence-electron chi connectivity index (χ4n) is 2.60. The highest BCUT2D eigenvalue weighted by atomic mass is 16.5. The van der Waals surface area contributed by atoms with E-state index in [0.29, 0.717) is 10.8 Å². The molecular formula is C17H38O. The van der Waals surface area contributed by atoms with Crippen LogP contribution >= 0.6 is 0 Å². The predicted octanol–water partition coefficient (Wildman–Crippen LogP) is 6.07. The normalized spacial score (nSPS) is 12.3. The first-order chi connectivity index (χ1) is 8.07. The van der Waals surface area contributed by atoms with Gasteiger partial charge in [0.15, 0.2) is 0 Å². The smallest absolute Gasteiger partial charge is 0.0522 e. The predicted molar refractivity (Wildman–Crippen MR) is 84.2 cm³/mol. The molecule has 18 heavy (non-hydrogen) atoms. The molecule has 0 atom stereocenters. The van der Waals surface area contributed by atoms with Gasteiger partial charge in [0.05, 0.1) is 13.2 Å². The molecule has 0 aromatic carbocycles. The lowest BCUT2D eigenvalue weighted by molar-refractivity contribution is -0.0181. The molecule has 0 saturated heterocycles. The number of hydrogen-bond acceptors (Lipinski definition) is 1. The first-order valence-electron chi connectivity index (χ1n) is 7.65. The van der Waals surface area contributed by atoms with Gasteiger partial charge in [0.2, 0.25) is 0 Å². The van der Waals surface area contributed by atoms with Crippen LogP contribution in [0.5, 0.6) is 0 Å². The Morgan fingerprint density at radius 3 is 0.944 bits per heavy atom. The molecule has 0 radical (unpaired) electrons. The molecule has 0 unspecified atom stereocenters. The van der Waals surface area contributed by atoms with E-state index in [1.165, 1.54) is 38.5 Å². The van der Waals surface area contributed by atoms with Crippen LogP contribution in [0.25, 0.3) is 0 Å². The van der Waals surface area contributed by atoms with Gasteiger partial charge in [-0.2, -0.15) is 0 Å². The maximum atomic E-state index is 6.11. The van der Waals surface area contributed by atoms with E-state index in [1.54, 1.807) is 0 Å². The zero-order valence-electron chi connectivity index (χ0n) is 13.1. The van der Waals surface area contributed by atoms with Crippen LogP contribution in [0, 0.1) is 10.8 Å². The van der Waals surface area contributed by atoms with E-state index in [1.807, 2.05) is 0 Å².